The van der Waals surface area contributed by atoms with Gasteiger partial charge in [-0.1, -0.05) is 0 Å². The van der Waals surface area contributed by atoms with E-state index in [0.717, 1.165) is 18.8 Å². The molecule has 1 atom stereocenters. The lowest BCUT2D eigenvalue weighted by Gasteiger charge is -2.19. The van der Waals surface area contributed by atoms with Crippen LogP contribution in [0.1, 0.15) is 19.8 Å². The summed E-state index contributed by atoms with van der Waals surface area (Å²) in [5, 5.41) is 3.22. The van der Waals surface area contributed by atoms with Gasteiger partial charge in [-0.15, -0.1) is 0 Å². The van der Waals surface area contributed by atoms with Gasteiger partial charge in [0.05, 0.1) is 5.75 Å². The Morgan fingerprint density at radius 2 is 1.79 bits per heavy atom. The van der Waals surface area contributed by atoms with E-state index < -0.39 is 9.84 Å². The van der Waals surface area contributed by atoms with Crippen molar-refractivity contribution in [1.29, 1.82) is 0 Å². The fourth-order valence-electron chi connectivity index (χ4n) is 2.52. The van der Waals surface area contributed by atoms with Crippen LogP contribution in [0, 0.1) is 0 Å². The Bertz CT molecular complexity index is 505. The number of nitrogens with zero attached hydrogens (tertiary/aromatic N) is 1. The van der Waals surface area contributed by atoms with E-state index in [9.17, 15) is 8.42 Å². The van der Waals surface area contributed by atoms with Gasteiger partial charge in [-0.3, -0.25) is 0 Å². The third-order valence-corrected chi connectivity index (χ3v) is 4.41. The molecular formula is C14H22N2O2S. The third-order valence-electron chi connectivity index (χ3n) is 3.30. The van der Waals surface area contributed by atoms with Gasteiger partial charge < -0.3 is 10.2 Å². The van der Waals surface area contributed by atoms with Crippen molar-refractivity contribution in [3.05, 3.63) is 24.3 Å². The van der Waals surface area contributed by atoms with Gasteiger partial charge in [0.1, 0.15) is 9.84 Å². The molecule has 1 N–H and O–H groups in total. The molecule has 0 aromatic heterocycles. The highest BCUT2D eigenvalue weighted by molar-refractivity contribution is 7.90. The second-order valence-corrected chi connectivity index (χ2v) is 7.56. The van der Waals surface area contributed by atoms with Crippen molar-refractivity contribution in [2.45, 2.75) is 25.8 Å². The lowest BCUT2D eigenvalue weighted by atomic mass is 10.2. The van der Waals surface area contributed by atoms with Crippen molar-refractivity contribution in [3.63, 3.8) is 0 Å². The number of nitrogens with one attached hydrogen (secondary N) is 1. The van der Waals surface area contributed by atoms with Crippen molar-refractivity contribution in [2.24, 2.45) is 0 Å². The molecule has 0 radical (unpaired) electrons. The summed E-state index contributed by atoms with van der Waals surface area (Å²) >= 11 is 0. The number of sulfone groups is 1. The number of benzene rings is 1. The van der Waals surface area contributed by atoms with Gasteiger partial charge in [-0.05, 0) is 44.0 Å². The highest BCUT2D eigenvalue weighted by atomic mass is 32.2. The molecule has 1 aromatic carbocycles. The predicted octanol–water partition coefficient (Wildman–Crippen LogP) is 2.13. The largest absolute Gasteiger partial charge is 0.382 e. The van der Waals surface area contributed by atoms with Crippen LogP contribution < -0.4 is 10.2 Å². The second-order valence-electron chi connectivity index (χ2n) is 5.38. The van der Waals surface area contributed by atoms with Gasteiger partial charge in [0.25, 0.3) is 0 Å². The molecule has 5 heteroatoms. The molecule has 1 heterocycles. The van der Waals surface area contributed by atoms with Crippen molar-refractivity contribution in [1.82, 2.24) is 0 Å². The quantitative estimate of drug-likeness (QED) is 0.899. The Hall–Kier alpha value is -1.23. The third kappa shape index (κ3) is 4.42. The lowest BCUT2D eigenvalue weighted by molar-refractivity contribution is 0.598. The highest BCUT2D eigenvalue weighted by Crippen LogP contribution is 2.22. The van der Waals surface area contributed by atoms with Gasteiger partial charge in [0.15, 0.2) is 0 Å². The Morgan fingerprint density at radius 1 is 1.21 bits per heavy atom. The summed E-state index contributed by atoms with van der Waals surface area (Å²) in [6.07, 6.45) is 3.80. The summed E-state index contributed by atoms with van der Waals surface area (Å²) in [7, 11) is -2.94. The zero-order valence-electron chi connectivity index (χ0n) is 11.6. The molecule has 0 bridgehead atoms. The Labute approximate surface area is 115 Å². The molecule has 1 aliphatic rings. The first-order valence-corrected chi connectivity index (χ1v) is 8.79. The molecule has 1 unspecified atom stereocenters. The lowest BCUT2D eigenvalue weighted by Crippen LogP contribution is -2.25. The first-order valence-electron chi connectivity index (χ1n) is 6.73. The molecule has 0 amide bonds. The van der Waals surface area contributed by atoms with Gasteiger partial charge in [0.2, 0.25) is 0 Å². The maximum absolute atomic E-state index is 11.2. The molecule has 0 spiro atoms. The summed E-state index contributed by atoms with van der Waals surface area (Å²) in [6.45, 7) is 4.16. The van der Waals surface area contributed by atoms with Crippen LogP contribution in [0.25, 0.3) is 0 Å². The van der Waals surface area contributed by atoms with E-state index in [-0.39, 0.29) is 11.8 Å². The molecule has 1 aliphatic heterocycles. The normalized spacial score (nSPS) is 17.5. The molecule has 1 saturated heterocycles. The van der Waals surface area contributed by atoms with Crippen molar-refractivity contribution < 1.29 is 8.42 Å². The summed E-state index contributed by atoms with van der Waals surface area (Å²) < 4.78 is 22.4. The second kappa shape index (κ2) is 5.82. The minimum absolute atomic E-state index is 0.0763. The van der Waals surface area contributed by atoms with Crippen molar-refractivity contribution in [3.8, 4) is 0 Å². The first-order chi connectivity index (χ1) is 8.94. The molecule has 19 heavy (non-hydrogen) atoms. The molecular weight excluding hydrogens is 260 g/mol. The molecule has 106 valence electrons. The predicted molar refractivity (Wildman–Crippen MR) is 80.7 cm³/mol. The number of hydrogen-bond acceptors (Lipinski definition) is 4. The fraction of sp³-hybridized carbons (Fsp3) is 0.571. The van der Waals surface area contributed by atoms with E-state index in [0.29, 0.717) is 0 Å². The van der Waals surface area contributed by atoms with Gasteiger partial charge in [-0.25, -0.2) is 8.42 Å². The van der Waals surface area contributed by atoms with E-state index in [1.54, 1.807) is 0 Å². The summed E-state index contributed by atoms with van der Waals surface area (Å²) in [4.78, 5) is 2.38. The van der Waals surface area contributed by atoms with Crippen LogP contribution in [0.3, 0.4) is 0 Å². The Morgan fingerprint density at radius 3 is 2.32 bits per heavy atom. The van der Waals surface area contributed by atoms with Gasteiger partial charge >= 0.3 is 0 Å². The first kappa shape index (κ1) is 14.2. The number of anilines is 2. The maximum Gasteiger partial charge on any atom is 0.149 e. The van der Waals surface area contributed by atoms with E-state index in [1.807, 2.05) is 19.1 Å². The van der Waals surface area contributed by atoms with Crippen LogP contribution >= 0.6 is 0 Å². The van der Waals surface area contributed by atoms with Crippen LogP contribution in [0.4, 0.5) is 11.4 Å². The fourth-order valence-corrected chi connectivity index (χ4v) is 3.52. The molecule has 1 fully saturated rings. The minimum Gasteiger partial charge on any atom is -0.382 e. The highest BCUT2D eigenvalue weighted by Gasteiger charge is 2.13. The SMILES string of the molecule is CC(CS(C)(=O)=O)Nc1ccc(N2CCCC2)cc1. The molecule has 0 aliphatic carbocycles. The minimum atomic E-state index is -2.94. The Balaban J connectivity index is 1.94. The summed E-state index contributed by atoms with van der Waals surface area (Å²) in [5.41, 5.74) is 2.22. The van der Waals surface area contributed by atoms with Crippen LogP contribution in [0.2, 0.25) is 0 Å². The molecule has 1 aromatic rings. The van der Waals surface area contributed by atoms with E-state index in [2.05, 4.69) is 22.3 Å². The van der Waals surface area contributed by atoms with Gasteiger partial charge in [0, 0.05) is 36.8 Å². The zero-order valence-corrected chi connectivity index (χ0v) is 12.4. The zero-order chi connectivity index (χ0) is 13.9. The van der Waals surface area contributed by atoms with Crippen molar-refractivity contribution >= 4 is 21.2 Å². The number of rotatable bonds is 5. The molecule has 4 nitrogen and oxygen atoms in total. The number of hydrogen-bond donors (Lipinski definition) is 1. The van der Waals surface area contributed by atoms with Crippen LogP contribution in [-0.2, 0) is 9.84 Å². The summed E-state index contributed by atoms with van der Waals surface area (Å²) in [5.74, 6) is 0.154. The topological polar surface area (TPSA) is 49.4 Å². The average molecular weight is 282 g/mol. The van der Waals surface area contributed by atoms with Gasteiger partial charge in [-0.2, -0.15) is 0 Å². The molecule has 2 rings (SSSR count). The van der Waals surface area contributed by atoms with E-state index in [4.69, 9.17) is 0 Å². The van der Waals surface area contributed by atoms with Crippen LogP contribution in [0.5, 0.6) is 0 Å². The van der Waals surface area contributed by atoms with E-state index in [1.165, 1.54) is 24.8 Å². The standard InChI is InChI=1S/C14H22N2O2S/c1-12(11-19(2,17)18)15-13-5-7-14(8-6-13)16-9-3-4-10-16/h5-8,12,15H,3-4,9-11H2,1-2H3. The maximum atomic E-state index is 11.2. The van der Waals surface area contributed by atoms with Crippen LogP contribution in [0.15, 0.2) is 24.3 Å². The summed E-state index contributed by atoms with van der Waals surface area (Å²) in [6, 6.07) is 8.16. The smallest absolute Gasteiger partial charge is 0.149 e. The molecule has 0 saturated carbocycles. The van der Waals surface area contributed by atoms with Crippen LogP contribution in [-0.4, -0.2) is 39.6 Å². The monoisotopic (exact) mass is 282 g/mol. The van der Waals surface area contributed by atoms with E-state index >= 15 is 0 Å². The Kier molecular flexibility index (Phi) is 4.34. The average Bonchev–Trinajstić information content (AvgIpc) is 2.80. The van der Waals surface area contributed by atoms with Crippen molar-refractivity contribution in [2.75, 3.05) is 35.3 Å².